The molecule has 0 unspecified atom stereocenters. The van der Waals surface area contributed by atoms with E-state index in [1.807, 2.05) is 0 Å². The Morgan fingerprint density at radius 3 is 2.64 bits per heavy atom. The third kappa shape index (κ3) is 4.19. The molecule has 0 saturated heterocycles. The summed E-state index contributed by atoms with van der Waals surface area (Å²) in [6.45, 7) is -0.423. The summed E-state index contributed by atoms with van der Waals surface area (Å²) in [6, 6.07) is 10.5. The second kappa shape index (κ2) is 7.24. The minimum absolute atomic E-state index is 0.136. The first-order valence-electron chi connectivity index (χ1n) is 5.99. The van der Waals surface area contributed by atoms with Crippen molar-refractivity contribution in [3.8, 4) is 11.5 Å². The highest BCUT2D eigenvalue weighted by molar-refractivity contribution is 9.10. The number of hydrogen-bond donors (Lipinski definition) is 0. The van der Waals surface area contributed by atoms with E-state index in [1.165, 1.54) is 24.3 Å². The van der Waals surface area contributed by atoms with Gasteiger partial charge >= 0.3 is 11.7 Å². The average Bonchev–Trinajstić information content (AvgIpc) is 2.46. The Balaban J connectivity index is 2.00. The van der Waals surface area contributed by atoms with Crippen molar-refractivity contribution in [2.24, 2.45) is 0 Å². The van der Waals surface area contributed by atoms with Crippen LogP contribution in [0.25, 0.3) is 0 Å². The van der Waals surface area contributed by atoms with Crippen molar-refractivity contribution in [1.29, 1.82) is 0 Å². The summed E-state index contributed by atoms with van der Waals surface area (Å²) in [7, 11) is 0. The van der Waals surface area contributed by atoms with Crippen LogP contribution in [0.15, 0.2) is 46.9 Å². The molecule has 0 fully saturated rings. The van der Waals surface area contributed by atoms with Crippen LogP contribution in [-0.4, -0.2) is 17.5 Å². The first kappa shape index (κ1) is 16.3. The van der Waals surface area contributed by atoms with Gasteiger partial charge in [-0.2, -0.15) is 0 Å². The summed E-state index contributed by atoms with van der Waals surface area (Å²) in [5.41, 5.74) is -0.294. The summed E-state index contributed by atoms with van der Waals surface area (Å²) < 4.78 is 10.9. The molecule has 2 rings (SSSR count). The number of rotatable bonds is 5. The Morgan fingerprint density at radius 2 is 1.95 bits per heavy atom. The molecule has 0 aliphatic rings. The van der Waals surface area contributed by atoms with E-state index in [1.54, 1.807) is 18.2 Å². The van der Waals surface area contributed by atoms with Gasteiger partial charge in [-0.3, -0.25) is 10.1 Å². The molecule has 22 heavy (non-hydrogen) atoms. The van der Waals surface area contributed by atoms with Crippen molar-refractivity contribution >= 4 is 39.2 Å². The molecule has 114 valence electrons. The zero-order valence-electron chi connectivity index (χ0n) is 11.0. The zero-order valence-corrected chi connectivity index (χ0v) is 13.3. The van der Waals surface area contributed by atoms with E-state index in [9.17, 15) is 14.9 Å². The van der Waals surface area contributed by atoms with Crippen LogP contribution in [-0.2, 0) is 4.79 Å². The normalized spacial score (nSPS) is 10.1. The molecule has 2 aromatic rings. The van der Waals surface area contributed by atoms with Crippen LogP contribution >= 0.6 is 27.5 Å². The van der Waals surface area contributed by atoms with Gasteiger partial charge in [-0.25, -0.2) is 4.79 Å². The third-order valence-corrected chi connectivity index (χ3v) is 3.31. The fourth-order valence-electron chi connectivity index (χ4n) is 1.58. The first-order chi connectivity index (χ1) is 10.5. The summed E-state index contributed by atoms with van der Waals surface area (Å²) >= 11 is 9.19. The number of hydrogen-bond acceptors (Lipinski definition) is 5. The number of ether oxygens (including phenoxy) is 2. The Morgan fingerprint density at radius 1 is 1.23 bits per heavy atom. The Kier molecular flexibility index (Phi) is 5.35. The molecule has 0 amide bonds. The van der Waals surface area contributed by atoms with Crippen LogP contribution in [0.4, 0.5) is 5.69 Å². The van der Waals surface area contributed by atoms with Gasteiger partial charge in [0.25, 0.3) is 0 Å². The molecule has 8 heteroatoms. The lowest BCUT2D eigenvalue weighted by Crippen LogP contribution is -2.18. The maximum absolute atomic E-state index is 11.7. The van der Waals surface area contributed by atoms with Crippen molar-refractivity contribution in [2.75, 3.05) is 6.61 Å². The number of nitro benzene ring substituents is 1. The van der Waals surface area contributed by atoms with Crippen molar-refractivity contribution in [2.45, 2.75) is 0 Å². The van der Waals surface area contributed by atoms with Gasteiger partial charge < -0.3 is 9.47 Å². The summed E-state index contributed by atoms with van der Waals surface area (Å²) in [5, 5.41) is 11.1. The molecule has 0 aliphatic carbocycles. The second-order valence-electron chi connectivity index (χ2n) is 4.06. The topological polar surface area (TPSA) is 78.7 Å². The van der Waals surface area contributed by atoms with E-state index in [0.717, 1.165) is 4.47 Å². The Bertz CT molecular complexity index is 722. The number of para-hydroxylation sites is 2. The highest BCUT2D eigenvalue weighted by atomic mass is 79.9. The van der Waals surface area contributed by atoms with Gasteiger partial charge in [0.05, 0.1) is 9.95 Å². The smallest absolute Gasteiger partial charge is 0.349 e. The van der Waals surface area contributed by atoms with E-state index in [0.29, 0.717) is 10.8 Å². The highest BCUT2D eigenvalue weighted by Crippen LogP contribution is 2.28. The average molecular weight is 387 g/mol. The fourth-order valence-corrected chi connectivity index (χ4v) is 2.30. The largest absolute Gasteiger partial charge is 0.480 e. The first-order valence-corrected chi connectivity index (χ1v) is 7.16. The van der Waals surface area contributed by atoms with Gasteiger partial charge in [0.2, 0.25) is 5.75 Å². The molecule has 0 saturated carbocycles. The van der Waals surface area contributed by atoms with Gasteiger partial charge in [0.1, 0.15) is 5.75 Å². The molecule has 0 aromatic heterocycles. The Hall–Kier alpha value is -2.12. The van der Waals surface area contributed by atoms with Gasteiger partial charge in [-0.15, -0.1) is 0 Å². The van der Waals surface area contributed by atoms with E-state index >= 15 is 0 Å². The zero-order chi connectivity index (χ0) is 16.1. The van der Waals surface area contributed by atoms with Crippen LogP contribution in [0, 0.1) is 10.1 Å². The SMILES string of the molecule is O=C(COc1ccc(Br)cc1Cl)Oc1ccccc1[N+](=O)[O-]. The molecule has 0 N–H and O–H groups in total. The lowest BCUT2D eigenvalue weighted by molar-refractivity contribution is -0.385. The van der Waals surface area contributed by atoms with Gasteiger partial charge in [0.15, 0.2) is 6.61 Å². The minimum Gasteiger partial charge on any atom is -0.480 e. The van der Waals surface area contributed by atoms with Gasteiger partial charge in [-0.05, 0) is 24.3 Å². The third-order valence-electron chi connectivity index (χ3n) is 2.53. The predicted octanol–water partition coefficient (Wildman–Crippen LogP) is 4.00. The molecule has 0 radical (unpaired) electrons. The molecule has 6 nitrogen and oxygen atoms in total. The van der Waals surface area contributed by atoms with E-state index in [-0.39, 0.29) is 11.4 Å². The molecule has 0 atom stereocenters. The molecule has 0 bridgehead atoms. The number of carbonyl (C=O) groups excluding carboxylic acids is 1. The van der Waals surface area contributed by atoms with Crippen molar-refractivity contribution in [3.63, 3.8) is 0 Å². The fraction of sp³-hybridized carbons (Fsp3) is 0.0714. The van der Waals surface area contributed by atoms with Gasteiger partial charge in [-0.1, -0.05) is 39.7 Å². The summed E-state index contributed by atoms with van der Waals surface area (Å²) in [5.74, 6) is -0.597. The lowest BCUT2D eigenvalue weighted by Gasteiger charge is -2.08. The van der Waals surface area contributed by atoms with E-state index in [2.05, 4.69) is 15.9 Å². The summed E-state index contributed by atoms with van der Waals surface area (Å²) in [6.07, 6.45) is 0. The quantitative estimate of drug-likeness (QED) is 0.336. The van der Waals surface area contributed by atoms with Crippen LogP contribution in [0.5, 0.6) is 11.5 Å². The lowest BCUT2D eigenvalue weighted by atomic mass is 10.3. The predicted molar refractivity (Wildman–Crippen MR) is 83.4 cm³/mol. The molecule has 0 aliphatic heterocycles. The number of esters is 1. The van der Waals surface area contributed by atoms with Crippen molar-refractivity contribution in [3.05, 3.63) is 62.1 Å². The maximum Gasteiger partial charge on any atom is 0.349 e. The maximum atomic E-state index is 11.7. The second-order valence-corrected chi connectivity index (χ2v) is 5.39. The monoisotopic (exact) mass is 385 g/mol. The Labute approximate surface area is 138 Å². The standard InChI is InChI=1S/C14H9BrClNO5/c15-9-5-6-12(10(16)7-9)21-8-14(18)22-13-4-2-1-3-11(13)17(19)20/h1-7H,8H2. The van der Waals surface area contributed by atoms with Crippen LogP contribution in [0.1, 0.15) is 0 Å². The van der Waals surface area contributed by atoms with E-state index in [4.69, 9.17) is 21.1 Å². The van der Waals surface area contributed by atoms with Crippen LogP contribution in [0.3, 0.4) is 0 Å². The highest BCUT2D eigenvalue weighted by Gasteiger charge is 2.17. The van der Waals surface area contributed by atoms with Crippen molar-refractivity contribution in [1.82, 2.24) is 0 Å². The van der Waals surface area contributed by atoms with E-state index < -0.39 is 17.5 Å². The van der Waals surface area contributed by atoms with Crippen LogP contribution < -0.4 is 9.47 Å². The molecular formula is C14H9BrClNO5. The van der Waals surface area contributed by atoms with Crippen molar-refractivity contribution < 1.29 is 19.2 Å². The molecule has 0 spiro atoms. The number of carbonyl (C=O) groups is 1. The molecular weight excluding hydrogens is 378 g/mol. The number of nitro groups is 1. The van der Waals surface area contributed by atoms with Crippen LogP contribution in [0.2, 0.25) is 5.02 Å². The number of benzene rings is 2. The molecule has 2 aromatic carbocycles. The summed E-state index contributed by atoms with van der Waals surface area (Å²) in [4.78, 5) is 21.9. The molecule has 0 heterocycles. The van der Waals surface area contributed by atoms with Gasteiger partial charge in [0, 0.05) is 10.5 Å². The number of nitrogens with zero attached hydrogens (tertiary/aromatic N) is 1. The number of halogens is 2. The minimum atomic E-state index is -0.770.